The van der Waals surface area contributed by atoms with Crippen LogP contribution in [0.3, 0.4) is 0 Å². The number of nitrogens with one attached hydrogen (secondary N) is 1. The molecule has 0 radical (unpaired) electrons. The highest BCUT2D eigenvalue weighted by atomic mass is 32.2. The number of furan rings is 1. The van der Waals surface area contributed by atoms with E-state index in [9.17, 15) is 13.2 Å². The molecule has 7 heteroatoms. The van der Waals surface area contributed by atoms with Gasteiger partial charge in [0.2, 0.25) is 15.8 Å². The predicted octanol–water partition coefficient (Wildman–Crippen LogP) is 1.53. The summed E-state index contributed by atoms with van der Waals surface area (Å²) in [4.78, 5) is 11.6. The lowest BCUT2D eigenvalue weighted by Crippen LogP contribution is -2.13. The monoisotopic (exact) mass is 293 g/mol. The Morgan fingerprint density at radius 1 is 1.30 bits per heavy atom. The predicted molar refractivity (Wildman–Crippen MR) is 69.5 cm³/mol. The zero-order valence-electron chi connectivity index (χ0n) is 10.5. The minimum absolute atomic E-state index is 0.0731. The van der Waals surface area contributed by atoms with Crippen molar-refractivity contribution in [3.63, 3.8) is 0 Å². The minimum atomic E-state index is -3.43. The molecule has 104 valence electrons. The second kappa shape index (κ2) is 4.46. The number of esters is 1. The van der Waals surface area contributed by atoms with E-state index < -0.39 is 16.0 Å². The molecular weight excluding hydrogens is 282 g/mol. The zero-order valence-corrected chi connectivity index (χ0v) is 11.4. The van der Waals surface area contributed by atoms with Gasteiger partial charge in [0, 0.05) is 12.1 Å². The van der Waals surface area contributed by atoms with Crippen molar-refractivity contribution in [2.24, 2.45) is 0 Å². The molecule has 2 heterocycles. The normalized spacial score (nSPS) is 15.8. The first kappa shape index (κ1) is 12.9. The van der Waals surface area contributed by atoms with Crippen LogP contribution < -0.4 is 4.72 Å². The lowest BCUT2D eigenvalue weighted by atomic mass is 10.1. The quantitative estimate of drug-likeness (QED) is 0.849. The fourth-order valence-corrected chi connectivity index (χ4v) is 3.33. The molecule has 20 heavy (non-hydrogen) atoms. The Morgan fingerprint density at radius 2 is 2.10 bits per heavy atom. The number of ether oxygens (including phenoxy) is 1. The van der Waals surface area contributed by atoms with Gasteiger partial charge in [-0.25, -0.2) is 17.9 Å². The summed E-state index contributed by atoms with van der Waals surface area (Å²) >= 11 is 0. The summed E-state index contributed by atoms with van der Waals surface area (Å²) in [5, 5.41) is 0. The summed E-state index contributed by atoms with van der Waals surface area (Å²) < 4.78 is 35.9. The fourth-order valence-electron chi connectivity index (χ4n) is 2.06. The van der Waals surface area contributed by atoms with Gasteiger partial charge in [0.1, 0.15) is 5.76 Å². The first-order valence-corrected chi connectivity index (χ1v) is 7.31. The molecule has 0 spiro atoms. The van der Waals surface area contributed by atoms with Gasteiger partial charge in [-0.15, -0.1) is 0 Å². The molecule has 1 N–H and O–H groups in total. The van der Waals surface area contributed by atoms with Crippen LogP contribution in [0.15, 0.2) is 39.6 Å². The Bertz CT molecular complexity index is 791. The summed E-state index contributed by atoms with van der Waals surface area (Å²) in [7, 11) is -2.17. The van der Waals surface area contributed by atoms with Crippen LogP contribution in [0.1, 0.15) is 16.1 Å². The van der Waals surface area contributed by atoms with Crippen LogP contribution in [0.2, 0.25) is 0 Å². The molecular formula is C13H11NO5S. The van der Waals surface area contributed by atoms with Crippen molar-refractivity contribution >= 4 is 16.0 Å². The molecule has 1 aliphatic rings. The highest BCUT2D eigenvalue weighted by Crippen LogP contribution is 2.29. The lowest BCUT2D eigenvalue weighted by Gasteiger charge is -2.01. The van der Waals surface area contributed by atoms with E-state index in [1.54, 1.807) is 18.2 Å². The van der Waals surface area contributed by atoms with Crippen molar-refractivity contribution in [1.29, 1.82) is 0 Å². The third kappa shape index (κ3) is 2.00. The van der Waals surface area contributed by atoms with Crippen molar-refractivity contribution in [2.75, 3.05) is 7.11 Å². The molecule has 0 unspecified atom stereocenters. The molecule has 1 aromatic carbocycles. The smallest absolute Gasteiger partial charge is 0.373 e. The van der Waals surface area contributed by atoms with Gasteiger partial charge in [-0.05, 0) is 23.8 Å². The molecule has 0 bridgehead atoms. The maximum atomic E-state index is 11.8. The lowest BCUT2D eigenvalue weighted by molar-refractivity contribution is 0.0566. The van der Waals surface area contributed by atoms with Gasteiger partial charge < -0.3 is 9.15 Å². The summed E-state index contributed by atoms with van der Waals surface area (Å²) in [6.45, 7) is 0.295. The Kier molecular flexibility index (Phi) is 2.88. The summed E-state index contributed by atoms with van der Waals surface area (Å²) in [5.41, 5.74) is 1.31. The van der Waals surface area contributed by atoms with Crippen LogP contribution in [-0.2, 0) is 21.3 Å². The maximum Gasteiger partial charge on any atom is 0.373 e. The molecule has 1 aliphatic heterocycles. The van der Waals surface area contributed by atoms with Crippen LogP contribution in [0.5, 0.6) is 0 Å². The van der Waals surface area contributed by atoms with Crippen molar-refractivity contribution in [1.82, 2.24) is 4.72 Å². The van der Waals surface area contributed by atoms with E-state index in [1.165, 1.54) is 19.2 Å². The van der Waals surface area contributed by atoms with Crippen LogP contribution in [0.25, 0.3) is 11.3 Å². The molecule has 3 rings (SSSR count). The van der Waals surface area contributed by atoms with E-state index in [0.29, 0.717) is 23.4 Å². The van der Waals surface area contributed by atoms with Crippen molar-refractivity contribution < 1.29 is 22.4 Å². The summed E-state index contributed by atoms with van der Waals surface area (Å²) in [6.07, 6.45) is 0. The molecule has 0 saturated carbocycles. The third-order valence-electron chi connectivity index (χ3n) is 3.09. The second-order valence-corrected chi connectivity index (χ2v) is 6.04. The maximum absolute atomic E-state index is 11.8. The summed E-state index contributed by atoms with van der Waals surface area (Å²) in [5.74, 6) is -0.0917. The molecule has 0 saturated heterocycles. The third-order valence-corrected chi connectivity index (χ3v) is 4.57. The first-order valence-electron chi connectivity index (χ1n) is 5.82. The van der Waals surface area contributed by atoms with E-state index in [1.807, 2.05) is 0 Å². The van der Waals surface area contributed by atoms with Crippen LogP contribution in [0.4, 0.5) is 0 Å². The standard InChI is InChI=1S/C13H11NO5S/c1-18-13(15)11-5-4-10(19-11)8-2-3-9-7-14-20(16,17)12(9)6-8/h2-6,14H,7H2,1H3. The highest BCUT2D eigenvalue weighted by molar-refractivity contribution is 7.89. The second-order valence-electron chi connectivity index (χ2n) is 4.30. The summed E-state index contributed by atoms with van der Waals surface area (Å²) in [6, 6.07) is 8.10. The average molecular weight is 293 g/mol. The molecule has 0 fully saturated rings. The zero-order chi connectivity index (χ0) is 14.3. The first-order chi connectivity index (χ1) is 9.51. The Hall–Kier alpha value is -2.12. The van der Waals surface area contributed by atoms with E-state index in [2.05, 4.69) is 9.46 Å². The number of carbonyl (C=O) groups is 1. The van der Waals surface area contributed by atoms with E-state index in [-0.39, 0.29) is 10.7 Å². The number of hydrogen-bond acceptors (Lipinski definition) is 5. The number of benzene rings is 1. The molecule has 6 nitrogen and oxygen atoms in total. The average Bonchev–Trinajstić information content (AvgIpc) is 3.03. The molecule has 0 aliphatic carbocycles. The molecule has 0 atom stereocenters. The van der Waals surface area contributed by atoms with Crippen molar-refractivity contribution in [2.45, 2.75) is 11.4 Å². The highest BCUT2D eigenvalue weighted by Gasteiger charge is 2.26. The number of sulfonamides is 1. The SMILES string of the molecule is COC(=O)c1ccc(-c2ccc3c(c2)S(=O)(=O)NC3)o1. The van der Waals surface area contributed by atoms with Crippen LogP contribution >= 0.6 is 0 Å². The molecule has 1 aromatic heterocycles. The van der Waals surface area contributed by atoms with E-state index >= 15 is 0 Å². The molecule has 0 amide bonds. The largest absolute Gasteiger partial charge is 0.463 e. The number of rotatable bonds is 2. The topological polar surface area (TPSA) is 85.6 Å². The minimum Gasteiger partial charge on any atom is -0.463 e. The van der Waals surface area contributed by atoms with Crippen LogP contribution in [0, 0.1) is 0 Å². The van der Waals surface area contributed by atoms with Crippen molar-refractivity contribution in [3.8, 4) is 11.3 Å². The van der Waals surface area contributed by atoms with Gasteiger partial charge in [0.25, 0.3) is 0 Å². The Morgan fingerprint density at radius 3 is 2.85 bits per heavy atom. The van der Waals surface area contributed by atoms with E-state index in [4.69, 9.17) is 4.42 Å². The van der Waals surface area contributed by atoms with Gasteiger partial charge in [-0.2, -0.15) is 0 Å². The van der Waals surface area contributed by atoms with Gasteiger partial charge in [-0.3, -0.25) is 0 Å². The van der Waals surface area contributed by atoms with Gasteiger partial charge in [-0.1, -0.05) is 12.1 Å². The number of fused-ring (bicyclic) bond motifs is 1. The number of hydrogen-bond donors (Lipinski definition) is 1. The van der Waals surface area contributed by atoms with Gasteiger partial charge in [0.05, 0.1) is 12.0 Å². The Balaban J connectivity index is 2.04. The fraction of sp³-hybridized carbons (Fsp3) is 0.154. The molecule has 2 aromatic rings. The number of carbonyl (C=O) groups excluding carboxylic acids is 1. The number of methoxy groups -OCH3 is 1. The van der Waals surface area contributed by atoms with Crippen molar-refractivity contribution in [3.05, 3.63) is 41.7 Å². The van der Waals surface area contributed by atoms with Gasteiger partial charge >= 0.3 is 5.97 Å². The van der Waals surface area contributed by atoms with Crippen LogP contribution in [-0.4, -0.2) is 21.5 Å². The van der Waals surface area contributed by atoms with Gasteiger partial charge in [0.15, 0.2) is 0 Å². The Labute approximate surface area is 115 Å². The van der Waals surface area contributed by atoms with E-state index in [0.717, 1.165) is 0 Å².